The van der Waals surface area contributed by atoms with E-state index >= 15 is 0 Å². The van der Waals surface area contributed by atoms with E-state index in [2.05, 4.69) is 17.3 Å². The summed E-state index contributed by atoms with van der Waals surface area (Å²) in [6.45, 7) is 2.95. The minimum absolute atomic E-state index is 0.257. The maximum atomic E-state index is 10.7. The van der Waals surface area contributed by atoms with Gasteiger partial charge in [0.05, 0.1) is 11.8 Å². The third-order valence-corrected chi connectivity index (χ3v) is 3.05. The Hall–Kier alpha value is -1.95. The van der Waals surface area contributed by atoms with Crippen LogP contribution in [-0.4, -0.2) is 41.0 Å². The SMILES string of the molecule is CCCCNC(=S)N(C)N=Cc1ccc(C(=O)O)cc1. The topological polar surface area (TPSA) is 64.9 Å². The van der Waals surface area contributed by atoms with Gasteiger partial charge in [-0.1, -0.05) is 25.5 Å². The molecule has 0 bridgehead atoms. The summed E-state index contributed by atoms with van der Waals surface area (Å²) in [7, 11) is 1.77. The Balaban J connectivity index is 2.53. The van der Waals surface area contributed by atoms with E-state index in [1.165, 1.54) is 0 Å². The quantitative estimate of drug-likeness (QED) is 0.365. The second-order valence-electron chi connectivity index (χ2n) is 4.28. The van der Waals surface area contributed by atoms with Gasteiger partial charge in [0.2, 0.25) is 0 Å². The average Bonchev–Trinajstić information content (AvgIpc) is 2.45. The minimum atomic E-state index is -0.938. The number of hydrazone groups is 1. The third kappa shape index (κ3) is 5.36. The molecule has 0 atom stereocenters. The van der Waals surface area contributed by atoms with Gasteiger partial charge in [-0.05, 0) is 36.3 Å². The lowest BCUT2D eigenvalue weighted by atomic mass is 10.1. The van der Waals surface area contributed by atoms with Gasteiger partial charge in [0.15, 0.2) is 5.11 Å². The van der Waals surface area contributed by atoms with Crippen LogP contribution in [0.15, 0.2) is 29.4 Å². The highest BCUT2D eigenvalue weighted by Crippen LogP contribution is 2.02. The van der Waals surface area contributed by atoms with Crippen LogP contribution in [0.1, 0.15) is 35.7 Å². The molecule has 1 rings (SSSR count). The summed E-state index contributed by atoms with van der Waals surface area (Å²) in [6.07, 6.45) is 3.81. The highest BCUT2D eigenvalue weighted by atomic mass is 32.1. The molecule has 0 heterocycles. The number of benzene rings is 1. The Morgan fingerprint density at radius 3 is 2.65 bits per heavy atom. The Morgan fingerprint density at radius 1 is 1.45 bits per heavy atom. The summed E-state index contributed by atoms with van der Waals surface area (Å²) in [5.41, 5.74) is 1.07. The molecule has 0 saturated carbocycles. The molecule has 0 fully saturated rings. The maximum Gasteiger partial charge on any atom is 0.335 e. The van der Waals surface area contributed by atoms with Gasteiger partial charge in [-0.2, -0.15) is 5.10 Å². The molecule has 0 saturated heterocycles. The highest BCUT2D eigenvalue weighted by Gasteiger charge is 2.02. The van der Waals surface area contributed by atoms with Crippen LogP contribution in [0.2, 0.25) is 0 Å². The molecule has 0 radical (unpaired) electrons. The van der Waals surface area contributed by atoms with Gasteiger partial charge in [0.25, 0.3) is 0 Å². The average molecular weight is 293 g/mol. The number of nitrogens with zero attached hydrogens (tertiary/aromatic N) is 2. The van der Waals surface area contributed by atoms with Crippen LogP contribution in [0.3, 0.4) is 0 Å². The summed E-state index contributed by atoms with van der Waals surface area (Å²) < 4.78 is 0. The highest BCUT2D eigenvalue weighted by molar-refractivity contribution is 7.80. The lowest BCUT2D eigenvalue weighted by molar-refractivity contribution is 0.0697. The van der Waals surface area contributed by atoms with Crippen molar-refractivity contribution in [3.05, 3.63) is 35.4 Å². The van der Waals surface area contributed by atoms with Crippen LogP contribution in [0.25, 0.3) is 0 Å². The largest absolute Gasteiger partial charge is 0.478 e. The fraction of sp³-hybridized carbons (Fsp3) is 0.357. The molecule has 0 unspecified atom stereocenters. The lowest BCUT2D eigenvalue weighted by Crippen LogP contribution is -2.34. The monoisotopic (exact) mass is 293 g/mol. The number of hydrogen-bond donors (Lipinski definition) is 2. The zero-order valence-corrected chi connectivity index (χ0v) is 12.5. The number of unbranched alkanes of at least 4 members (excludes halogenated alkanes) is 1. The number of carboxylic acids is 1. The number of carbonyl (C=O) groups is 1. The molecule has 108 valence electrons. The molecule has 0 aliphatic heterocycles. The smallest absolute Gasteiger partial charge is 0.335 e. The van der Waals surface area contributed by atoms with E-state index in [9.17, 15) is 4.79 Å². The molecule has 2 N–H and O–H groups in total. The van der Waals surface area contributed by atoms with Gasteiger partial charge in [-0.25, -0.2) is 9.80 Å². The van der Waals surface area contributed by atoms with Crippen LogP contribution in [0.5, 0.6) is 0 Å². The maximum absolute atomic E-state index is 10.7. The van der Waals surface area contributed by atoms with Gasteiger partial charge in [0.1, 0.15) is 0 Å². The number of thiocarbonyl (C=S) groups is 1. The number of nitrogens with one attached hydrogen (secondary N) is 1. The van der Waals surface area contributed by atoms with E-state index in [1.807, 2.05) is 0 Å². The predicted molar refractivity (Wildman–Crippen MR) is 84.3 cm³/mol. The summed E-state index contributed by atoms with van der Waals surface area (Å²) in [5, 5.41) is 18.3. The van der Waals surface area contributed by atoms with Crippen molar-refractivity contribution in [1.29, 1.82) is 0 Å². The summed E-state index contributed by atoms with van der Waals surface area (Å²) >= 11 is 5.18. The zero-order valence-electron chi connectivity index (χ0n) is 11.7. The number of hydrogen-bond acceptors (Lipinski definition) is 3. The Morgan fingerprint density at radius 2 is 2.10 bits per heavy atom. The lowest BCUT2D eigenvalue weighted by Gasteiger charge is -2.15. The summed E-state index contributed by atoms with van der Waals surface area (Å²) in [5.74, 6) is -0.938. The Kier molecular flexibility index (Phi) is 6.66. The summed E-state index contributed by atoms with van der Waals surface area (Å²) in [4.78, 5) is 10.7. The van der Waals surface area contributed by atoms with Gasteiger partial charge in [0, 0.05) is 13.6 Å². The molecule has 1 aromatic carbocycles. The third-order valence-electron chi connectivity index (χ3n) is 2.64. The molecule has 0 aliphatic carbocycles. The molecule has 0 spiro atoms. The van der Waals surface area contributed by atoms with Gasteiger partial charge in [-0.15, -0.1) is 0 Å². The van der Waals surface area contributed by atoms with E-state index in [4.69, 9.17) is 17.3 Å². The molecule has 0 aliphatic rings. The van der Waals surface area contributed by atoms with Crippen LogP contribution in [0.4, 0.5) is 0 Å². The Bertz CT molecular complexity index is 486. The van der Waals surface area contributed by atoms with E-state index in [0.717, 1.165) is 24.9 Å². The van der Waals surface area contributed by atoms with Gasteiger partial charge in [-0.3, -0.25) is 0 Å². The number of aromatic carboxylic acids is 1. The van der Waals surface area contributed by atoms with Crippen LogP contribution in [-0.2, 0) is 0 Å². The molecule has 1 aromatic rings. The van der Waals surface area contributed by atoms with Gasteiger partial charge < -0.3 is 10.4 Å². The first-order chi connectivity index (χ1) is 9.54. The molecule has 5 nitrogen and oxygen atoms in total. The number of rotatable bonds is 6. The van der Waals surface area contributed by atoms with Crippen molar-refractivity contribution in [3.8, 4) is 0 Å². The van der Waals surface area contributed by atoms with Crippen molar-refractivity contribution in [2.75, 3.05) is 13.6 Å². The van der Waals surface area contributed by atoms with Crippen LogP contribution in [0, 0.1) is 0 Å². The first kappa shape index (κ1) is 16.1. The normalized spacial score (nSPS) is 10.5. The van der Waals surface area contributed by atoms with E-state index < -0.39 is 5.97 Å². The zero-order chi connectivity index (χ0) is 15.0. The second-order valence-corrected chi connectivity index (χ2v) is 4.67. The predicted octanol–water partition coefficient (Wildman–Crippen LogP) is 2.33. The van der Waals surface area contributed by atoms with E-state index in [0.29, 0.717) is 5.11 Å². The number of carboxylic acid groups (broad SMARTS) is 1. The van der Waals surface area contributed by atoms with Gasteiger partial charge >= 0.3 is 5.97 Å². The van der Waals surface area contributed by atoms with Crippen LogP contribution >= 0.6 is 12.2 Å². The standard InChI is InChI=1S/C14H19N3O2S/c1-3-4-9-15-14(20)17(2)16-10-11-5-7-12(8-6-11)13(18)19/h5-8,10H,3-4,9H2,1-2H3,(H,15,20)(H,18,19). The first-order valence-electron chi connectivity index (χ1n) is 6.43. The van der Waals surface area contributed by atoms with Crippen molar-refractivity contribution < 1.29 is 9.90 Å². The van der Waals surface area contributed by atoms with Crippen molar-refractivity contribution in [3.63, 3.8) is 0 Å². The molecule has 20 heavy (non-hydrogen) atoms. The molecule has 0 amide bonds. The fourth-order valence-electron chi connectivity index (χ4n) is 1.40. The molecular weight excluding hydrogens is 274 g/mol. The van der Waals surface area contributed by atoms with Crippen molar-refractivity contribution >= 4 is 29.5 Å². The molecule has 6 heteroatoms. The van der Waals surface area contributed by atoms with Crippen molar-refractivity contribution in [2.45, 2.75) is 19.8 Å². The Labute approximate surface area is 124 Å². The van der Waals surface area contributed by atoms with Crippen molar-refractivity contribution in [1.82, 2.24) is 10.3 Å². The second kappa shape index (κ2) is 8.27. The van der Waals surface area contributed by atoms with Crippen LogP contribution < -0.4 is 5.32 Å². The molecular formula is C14H19N3O2S. The molecule has 0 aromatic heterocycles. The fourth-order valence-corrected chi connectivity index (χ4v) is 1.55. The first-order valence-corrected chi connectivity index (χ1v) is 6.84. The van der Waals surface area contributed by atoms with Crippen molar-refractivity contribution in [2.24, 2.45) is 5.10 Å². The van der Waals surface area contributed by atoms with E-state index in [1.54, 1.807) is 42.5 Å². The summed E-state index contributed by atoms with van der Waals surface area (Å²) in [6, 6.07) is 6.49. The van der Waals surface area contributed by atoms with E-state index in [-0.39, 0.29) is 5.56 Å². The minimum Gasteiger partial charge on any atom is -0.478 e.